The van der Waals surface area contributed by atoms with Crippen LogP contribution in [0.2, 0.25) is 0 Å². The summed E-state index contributed by atoms with van der Waals surface area (Å²) in [6.07, 6.45) is -5.03. The largest absolute Gasteiger partial charge is 0.481 e. The van der Waals surface area contributed by atoms with Gasteiger partial charge in [-0.25, -0.2) is 0 Å². The number of carbonyl (C=O) groups is 2. The van der Waals surface area contributed by atoms with Gasteiger partial charge in [0.25, 0.3) is 0 Å². The van der Waals surface area contributed by atoms with Crippen LogP contribution in [0.25, 0.3) is 0 Å². The van der Waals surface area contributed by atoms with E-state index in [1.54, 1.807) is 20.8 Å². The van der Waals surface area contributed by atoms with Crippen LogP contribution in [0.5, 0.6) is 0 Å². The highest BCUT2D eigenvalue weighted by molar-refractivity contribution is 5.81. The second-order valence-corrected chi connectivity index (χ2v) is 6.39. The van der Waals surface area contributed by atoms with Crippen molar-refractivity contribution in [2.75, 3.05) is 0 Å². The van der Waals surface area contributed by atoms with Crippen LogP contribution < -0.4 is 5.73 Å². The Hall–Kier alpha value is -2.09. The summed E-state index contributed by atoms with van der Waals surface area (Å²) in [6.45, 7) is 4.87. The molecule has 1 aromatic rings. The lowest BCUT2D eigenvalue weighted by Gasteiger charge is -2.27. The van der Waals surface area contributed by atoms with Gasteiger partial charge in [-0.05, 0) is 38.5 Å². The first-order chi connectivity index (χ1) is 10.8. The third-order valence-corrected chi connectivity index (χ3v) is 3.10. The zero-order valence-corrected chi connectivity index (χ0v) is 13.6. The van der Waals surface area contributed by atoms with Crippen molar-refractivity contribution in [3.05, 3.63) is 35.4 Å². The van der Waals surface area contributed by atoms with Crippen LogP contribution in [0.1, 0.15) is 44.2 Å². The van der Waals surface area contributed by atoms with Gasteiger partial charge in [0.1, 0.15) is 5.60 Å². The second kappa shape index (κ2) is 7.21. The van der Waals surface area contributed by atoms with Gasteiger partial charge >= 0.3 is 18.1 Å². The van der Waals surface area contributed by atoms with Gasteiger partial charge in [0, 0.05) is 6.04 Å². The molecule has 1 rings (SSSR count). The minimum absolute atomic E-state index is 0.172. The number of carboxylic acid groups (broad SMARTS) is 1. The third kappa shape index (κ3) is 5.84. The van der Waals surface area contributed by atoms with E-state index in [9.17, 15) is 22.8 Å². The molecule has 5 nitrogen and oxygen atoms in total. The molecule has 0 saturated carbocycles. The fraction of sp³-hybridized carbons (Fsp3) is 0.500. The third-order valence-electron chi connectivity index (χ3n) is 3.10. The second-order valence-electron chi connectivity index (χ2n) is 6.39. The zero-order valence-electron chi connectivity index (χ0n) is 13.6. The quantitative estimate of drug-likeness (QED) is 0.800. The van der Waals surface area contributed by atoms with Crippen LogP contribution in [0.4, 0.5) is 13.2 Å². The van der Waals surface area contributed by atoms with Crippen molar-refractivity contribution in [2.24, 2.45) is 5.73 Å². The summed E-state index contributed by atoms with van der Waals surface area (Å²) in [5, 5.41) is 8.86. The Balaban J connectivity index is 3.17. The molecule has 0 aliphatic carbocycles. The predicted octanol–water partition coefficient (Wildman–Crippen LogP) is 2.93. The number of carboxylic acids is 1. The highest BCUT2D eigenvalue weighted by Crippen LogP contribution is 2.31. The van der Waals surface area contributed by atoms with Gasteiger partial charge in [0.15, 0.2) is 0 Å². The van der Waals surface area contributed by atoms with E-state index in [1.807, 2.05) is 0 Å². The lowest BCUT2D eigenvalue weighted by atomic mass is 9.89. The van der Waals surface area contributed by atoms with Crippen LogP contribution in [0.3, 0.4) is 0 Å². The van der Waals surface area contributed by atoms with Crippen LogP contribution >= 0.6 is 0 Å². The molecule has 0 spiro atoms. The number of hydrogen-bond acceptors (Lipinski definition) is 4. The molecular formula is C16H20F3NO4. The molecule has 3 N–H and O–H groups in total. The number of carbonyl (C=O) groups excluding carboxylic acids is 1. The van der Waals surface area contributed by atoms with Crippen LogP contribution in [0.15, 0.2) is 24.3 Å². The average molecular weight is 347 g/mol. The van der Waals surface area contributed by atoms with E-state index in [4.69, 9.17) is 15.6 Å². The Morgan fingerprint density at radius 1 is 1.17 bits per heavy atom. The number of benzene rings is 1. The number of aliphatic carboxylic acids is 1. The van der Waals surface area contributed by atoms with E-state index in [2.05, 4.69) is 0 Å². The normalized spacial score (nSPS) is 14.8. The Labute approximate surface area is 137 Å². The van der Waals surface area contributed by atoms with Crippen molar-refractivity contribution >= 4 is 11.9 Å². The van der Waals surface area contributed by atoms with Crippen molar-refractivity contribution in [1.82, 2.24) is 0 Å². The van der Waals surface area contributed by atoms with Gasteiger partial charge < -0.3 is 15.6 Å². The maximum atomic E-state index is 12.6. The first kappa shape index (κ1) is 20.0. The van der Waals surface area contributed by atoms with E-state index in [1.165, 1.54) is 0 Å². The van der Waals surface area contributed by atoms with Crippen LogP contribution in [0, 0.1) is 0 Å². The maximum Gasteiger partial charge on any atom is 0.416 e. The highest BCUT2D eigenvalue weighted by atomic mass is 19.4. The average Bonchev–Trinajstić information content (AvgIpc) is 2.35. The summed E-state index contributed by atoms with van der Waals surface area (Å²) >= 11 is 0. The van der Waals surface area contributed by atoms with E-state index in [0.717, 1.165) is 24.3 Å². The maximum absolute atomic E-state index is 12.6. The van der Waals surface area contributed by atoms with Crippen molar-refractivity contribution in [3.63, 3.8) is 0 Å². The van der Waals surface area contributed by atoms with E-state index in [0.29, 0.717) is 0 Å². The van der Waals surface area contributed by atoms with Gasteiger partial charge in [0.05, 0.1) is 17.9 Å². The van der Waals surface area contributed by atoms with Gasteiger partial charge in [-0.15, -0.1) is 0 Å². The number of rotatable bonds is 5. The topological polar surface area (TPSA) is 89.6 Å². The first-order valence-corrected chi connectivity index (χ1v) is 7.18. The van der Waals surface area contributed by atoms with Crippen LogP contribution in [-0.4, -0.2) is 28.7 Å². The molecule has 24 heavy (non-hydrogen) atoms. The standard InChI is InChI=1S/C16H20F3NO4/c1-15(2,3)24-14(23)13(11(20)8-12(21)22)9-4-6-10(7-5-9)16(17,18)19/h4-7,11,13H,8,20H2,1-3H3,(H,21,22)/t11-,13?/m1/s1. The zero-order chi connectivity index (χ0) is 18.7. The Bertz CT molecular complexity index is 591. The molecule has 134 valence electrons. The first-order valence-electron chi connectivity index (χ1n) is 7.18. The number of ether oxygens (including phenoxy) is 1. The number of nitrogens with two attached hydrogens (primary N) is 1. The van der Waals surface area contributed by atoms with Crippen molar-refractivity contribution in [3.8, 4) is 0 Å². The highest BCUT2D eigenvalue weighted by Gasteiger charge is 2.34. The van der Waals surface area contributed by atoms with Gasteiger partial charge in [-0.2, -0.15) is 13.2 Å². The smallest absolute Gasteiger partial charge is 0.416 e. The molecule has 0 aliphatic rings. The fourth-order valence-electron chi connectivity index (χ4n) is 2.12. The molecule has 0 radical (unpaired) electrons. The van der Waals surface area contributed by atoms with Crippen molar-refractivity contribution < 1.29 is 32.6 Å². The Kier molecular flexibility index (Phi) is 5.99. The van der Waals surface area contributed by atoms with Crippen LogP contribution in [-0.2, 0) is 20.5 Å². The molecule has 0 saturated heterocycles. The molecule has 0 amide bonds. The Morgan fingerprint density at radius 2 is 1.67 bits per heavy atom. The van der Waals surface area contributed by atoms with E-state index < -0.39 is 47.7 Å². The summed E-state index contributed by atoms with van der Waals surface area (Å²) < 4.78 is 43.1. The Morgan fingerprint density at radius 3 is 2.04 bits per heavy atom. The summed E-state index contributed by atoms with van der Waals surface area (Å²) in [7, 11) is 0. The summed E-state index contributed by atoms with van der Waals surface area (Å²) in [5.74, 6) is -3.18. The number of alkyl halides is 3. The van der Waals surface area contributed by atoms with E-state index >= 15 is 0 Å². The van der Waals surface area contributed by atoms with Gasteiger partial charge in [-0.3, -0.25) is 9.59 Å². The fourth-order valence-corrected chi connectivity index (χ4v) is 2.12. The van der Waals surface area contributed by atoms with E-state index in [-0.39, 0.29) is 5.56 Å². The lowest BCUT2D eigenvalue weighted by molar-refractivity contribution is -0.157. The van der Waals surface area contributed by atoms with Crippen molar-refractivity contribution in [2.45, 2.75) is 50.9 Å². The monoisotopic (exact) mass is 347 g/mol. The summed E-state index contributed by atoms with van der Waals surface area (Å²) in [5.41, 5.74) is 4.25. The minimum atomic E-state index is -4.51. The number of esters is 1. The summed E-state index contributed by atoms with van der Waals surface area (Å²) in [6, 6.07) is 2.73. The molecule has 0 bridgehead atoms. The SMILES string of the molecule is CC(C)(C)OC(=O)C(c1ccc(C(F)(F)F)cc1)[C@H](N)CC(=O)O. The molecule has 1 aromatic carbocycles. The van der Waals surface area contributed by atoms with Gasteiger partial charge in [0.2, 0.25) is 0 Å². The molecule has 2 atom stereocenters. The summed E-state index contributed by atoms with van der Waals surface area (Å²) in [4.78, 5) is 23.2. The predicted molar refractivity (Wildman–Crippen MR) is 80.3 cm³/mol. The minimum Gasteiger partial charge on any atom is -0.481 e. The number of hydrogen-bond donors (Lipinski definition) is 2. The lowest BCUT2D eigenvalue weighted by Crippen LogP contribution is -2.39. The molecule has 0 fully saturated rings. The molecule has 0 aliphatic heterocycles. The molecule has 1 unspecified atom stereocenters. The van der Waals surface area contributed by atoms with Gasteiger partial charge in [-0.1, -0.05) is 12.1 Å². The molecule has 0 heterocycles. The molecular weight excluding hydrogens is 327 g/mol. The molecule has 0 aromatic heterocycles. The van der Waals surface area contributed by atoms with Crippen molar-refractivity contribution in [1.29, 1.82) is 0 Å². The molecule has 8 heteroatoms. The number of halogens is 3.